The predicted octanol–water partition coefficient (Wildman–Crippen LogP) is 1.55. The van der Waals surface area contributed by atoms with Gasteiger partial charge in [0.25, 0.3) is 0 Å². The van der Waals surface area contributed by atoms with Gasteiger partial charge in [0.15, 0.2) is 0 Å². The number of nitriles is 3. The van der Waals surface area contributed by atoms with Crippen LogP contribution in [0, 0.1) is 39.4 Å². The Labute approximate surface area is 138 Å². The smallest absolute Gasteiger partial charge is 0.137 e. The van der Waals surface area contributed by atoms with E-state index in [9.17, 15) is 10.5 Å². The highest BCUT2D eigenvalue weighted by molar-refractivity contribution is 5.72. The number of rotatable bonds is 3. The molecule has 24 heavy (non-hydrogen) atoms. The fraction of sp³-hybridized carbons (Fsp3) is 0.118. The van der Waals surface area contributed by atoms with Gasteiger partial charge in [0.2, 0.25) is 0 Å². The maximum Gasteiger partial charge on any atom is 0.137 e. The molecule has 1 aliphatic rings. The second-order valence-corrected chi connectivity index (χ2v) is 4.78. The Kier molecular flexibility index (Phi) is 4.68. The fourth-order valence-electron chi connectivity index (χ4n) is 2.43. The molecule has 0 spiro atoms. The Hall–Kier alpha value is -3.98. The molecule has 1 aromatic carbocycles. The molecular weight excluding hydrogens is 304 g/mol. The van der Waals surface area contributed by atoms with Gasteiger partial charge in [-0.05, 0) is 23.6 Å². The van der Waals surface area contributed by atoms with Gasteiger partial charge >= 0.3 is 0 Å². The second kappa shape index (κ2) is 6.85. The molecule has 7 heteroatoms. The molecule has 7 nitrogen and oxygen atoms in total. The third-order valence-electron chi connectivity index (χ3n) is 3.57. The summed E-state index contributed by atoms with van der Waals surface area (Å²) in [7, 11) is 1.53. The molecule has 0 fully saturated rings. The zero-order valence-corrected chi connectivity index (χ0v) is 12.7. The number of allylic oxidation sites excluding steroid dienone is 3. The van der Waals surface area contributed by atoms with E-state index in [1.807, 2.05) is 18.0 Å². The molecule has 116 valence electrons. The molecule has 4 N–H and O–H groups in total. The van der Waals surface area contributed by atoms with E-state index in [-0.39, 0.29) is 28.2 Å². The van der Waals surface area contributed by atoms with Gasteiger partial charge in [-0.3, -0.25) is 5.41 Å². The quantitative estimate of drug-likeness (QED) is 0.570. The molecule has 1 atom stereocenters. The van der Waals surface area contributed by atoms with Gasteiger partial charge in [-0.2, -0.15) is 15.8 Å². The van der Waals surface area contributed by atoms with Crippen molar-refractivity contribution in [2.45, 2.75) is 5.92 Å². The molecule has 2 rings (SSSR count). The number of nitrogens with zero attached hydrogens (tertiary/aromatic N) is 3. The molecule has 0 amide bonds. The molecule has 0 aliphatic carbocycles. The summed E-state index contributed by atoms with van der Waals surface area (Å²) in [5, 5.41) is 38.0. The van der Waals surface area contributed by atoms with E-state index in [1.54, 1.807) is 30.3 Å². The predicted molar refractivity (Wildman–Crippen MR) is 85.2 cm³/mol. The van der Waals surface area contributed by atoms with E-state index in [1.165, 1.54) is 7.11 Å². The maximum atomic E-state index is 9.58. The minimum Gasteiger partial charge on any atom is -0.497 e. The number of ether oxygens (including phenoxy) is 1. The first kappa shape index (κ1) is 16.4. The van der Waals surface area contributed by atoms with E-state index < -0.39 is 5.92 Å². The van der Waals surface area contributed by atoms with E-state index in [0.717, 1.165) is 0 Å². The highest BCUT2D eigenvalue weighted by Gasteiger charge is 2.32. The van der Waals surface area contributed by atoms with Crippen LogP contribution in [0.4, 0.5) is 0 Å². The average Bonchev–Trinajstić information content (AvgIpc) is 2.62. The van der Waals surface area contributed by atoms with Crippen molar-refractivity contribution in [1.29, 1.82) is 21.2 Å². The van der Waals surface area contributed by atoms with Crippen LogP contribution in [0.5, 0.6) is 5.75 Å². The average molecular weight is 316 g/mol. The number of nitrogens with one attached hydrogen (secondary N) is 2. The van der Waals surface area contributed by atoms with Crippen molar-refractivity contribution in [2.75, 3.05) is 7.11 Å². The monoisotopic (exact) mass is 316 g/mol. The lowest BCUT2D eigenvalue weighted by atomic mass is 9.81. The van der Waals surface area contributed by atoms with Crippen molar-refractivity contribution < 1.29 is 4.74 Å². The molecule has 0 saturated carbocycles. The van der Waals surface area contributed by atoms with E-state index in [2.05, 4.69) is 5.32 Å². The summed E-state index contributed by atoms with van der Waals surface area (Å²) in [6, 6.07) is 12.7. The van der Waals surface area contributed by atoms with Crippen LogP contribution in [0.25, 0.3) is 0 Å². The van der Waals surface area contributed by atoms with Crippen LogP contribution in [0.1, 0.15) is 11.5 Å². The van der Waals surface area contributed by atoms with Crippen molar-refractivity contribution in [3.63, 3.8) is 0 Å². The van der Waals surface area contributed by atoms with Gasteiger partial charge in [0, 0.05) is 0 Å². The molecular formula is C17H12N6O. The Morgan fingerprint density at radius 3 is 2.25 bits per heavy atom. The third kappa shape index (κ3) is 2.69. The van der Waals surface area contributed by atoms with Crippen LogP contribution in [0.15, 0.2) is 52.5 Å². The van der Waals surface area contributed by atoms with Gasteiger partial charge in [-0.25, -0.2) is 0 Å². The number of benzene rings is 1. The molecule has 1 aromatic rings. The zero-order chi connectivity index (χ0) is 17.7. The van der Waals surface area contributed by atoms with Crippen LogP contribution >= 0.6 is 0 Å². The Bertz CT molecular complexity index is 912. The number of dihydropyridines is 1. The van der Waals surface area contributed by atoms with Crippen molar-refractivity contribution in [3.05, 3.63) is 58.1 Å². The summed E-state index contributed by atoms with van der Waals surface area (Å²) >= 11 is 0. The van der Waals surface area contributed by atoms with E-state index in [0.29, 0.717) is 11.3 Å². The van der Waals surface area contributed by atoms with E-state index >= 15 is 0 Å². The van der Waals surface area contributed by atoms with E-state index in [4.69, 9.17) is 21.1 Å². The number of nitrogens with two attached hydrogens (primary N) is 1. The summed E-state index contributed by atoms with van der Waals surface area (Å²) in [4.78, 5) is 0. The summed E-state index contributed by atoms with van der Waals surface area (Å²) in [6.07, 6.45) is 0. The lowest BCUT2D eigenvalue weighted by molar-refractivity contribution is 0.414. The van der Waals surface area contributed by atoms with Crippen LogP contribution in [-0.4, -0.2) is 13.0 Å². The first-order chi connectivity index (χ1) is 11.6. The van der Waals surface area contributed by atoms with Gasteiger partial charge < -0.3 is 15.8 Å². The molecule has 0 saturated heterocycles. The minimum absolute atomic E-state index is 0.0373. The number of hydrogen-bond acceptors (Lipinski definition) is 7. The van der Waals surface area contributed by atoms with Crippen LogP contribution in [0.3, 0.4) is 0 Å². The van der Waals surface area contributed by atoms with Gasteiger partial charge in [-0.1, -0.05) is 12.1 Å². The van der Waals surface area contributed by atoms with Gasteiger partial charge in [0.05, 0.1) is 42.0 Å². The standard InChI is InChI=1S/C17H12N6O/c1-24-12-4-2-10(3-5-12)15-13(8-20)16(11(6-18)7-19)23-17(22)14(15)9-21/h2-5,15,18,23H,22H2,1H3. The molecule has 1 unspecified atom stereocenters. The molecule has 0 aromatic heterocycles. The van der Waals surface area contributed by atoms with Crippen molar-refractivity contribution in [1.82, 2.24) is 5.32 Å². The molecule has 0 bridgehead atoms. The zero-order valence-electron chi connectivity index (χ0n) is 12.7. The minimum atomic E-state index is -0.737. The number of hydrogen-bond donors (Lipinski definition) is 3. The fourth-order valence-corrected chi connectivity index (χ4v) is 2.43. The first-order valence-corrected chi connectivity index (χ1v) is 6.76. The topological polar surface area (TPSA) is 142 Å². The highest BCUT2D eigenvalue weighted by Crippen LogP contribution is 2.38. The van der Waals surface area contributed by atoms with Crippen molar-refractivity contribution in [3.8, 4) is 24.0 Å². The number of methoxy groups -OCH3 is 1. The molecule has 1 heterocycles. The normalized spacial score (nSPS) is 16.2. The summed E-state index contributed by atoms with van der Waals surface area (Å²) in [6.45, 7) is 0. The lowest BCUT2D eigenvalue weighted by Crippen LogP contribution is -2.31. The largest absolute Gasteiger partial charge is 0.497 e. The SMILES string of the molecule is COc1ccc(C2C(C#N)=C(N)NC(C(=C=N)C#N)=C2C#N)cc1. The Morgan fingerprint density at radius 1 is 1.17 bits per heavy atom. The lowest BCUT2D eigenvalue weighted by Gasteiger charge is -2.26. The van der Waals surface area contributed by atoms with Crippen molar-refractivity contribution >= 4 is 5.87 Å². The first-order valence-electron chi connectivity index (χ1n) is 6.76. The highest BCUT2D eigenvalue weighted by atomic mass is 16.5. The maximum absolute atomic E-state index is 9.58. The van der Waals surface area contributed by atoms with Crippen LogP contribution < -0.4 is 15.8 Å². The summed E-state index contributed by atoms with van der Waals surface area (Å²) in [5.41, 5.74) is 6.76. The van der Waals surface area contributed by atoms with Crippen LogP contribution in [-0.2, 0) is 0 Å². The third-order valence-corrected chi connectivity index (χ3v) is 3.57. The summed E-state index contributed by atoms with van der Waals surface area (Å²) < 4.78 is 5.11. The van der Waals surface area contributed by atoms with Crippen LogP contribution in [0.2, 0.25) is 0 Å². The van der Waals surface area contributed by atoms with Gasteiger partial charge in [0.1, 0.15) is 23.2 Å². The second-order valence-electron chi connectivity index (χ2n) is 4.78. The Balaban J connectivity index is 2.72. The molecule has 0 radical (unpaired) electrons. The van der Waals surface area contributed by atoms with Gasteiger partial charge in [-0.15, -0.1) is 0 Å². The summed E-state index contributed by atoms with van der Waals surface area (Å²) in [5.74, 6) is 1.91. The Morgan fingerprint density at radius 2 is 1.79 bits per heavy atom. The molecule has 1 aliphatic heterocycles. The van der Waals surface area contributed by atoms with Crippen molar-refractivity contribution in [2.24, 2.45) is 5.73 Å².